The largest absolute Gasteiger partial charge is 0.359 e. The van der Waals surface area contributed by atoms with Crippen molar-refractivity contribution in [3.8, 4) is 0 Å². The smallest absolute Gasteiger partial charge is 0.221 e. The van der Waals surface area contributed by atoms with E-state index in [-0.39, 0.29) is 17.7 Å². The van der Waals surface area contributed by atoms with Crippen molar-refractivity contribution in [2.75, 3.05) is 59.9 Å². The lowest BCUT2D eigenvalue weighted by atomic mass is 10.3. The fourth-order valence-electron chi connectivity index (χ4n) is 2.27. The molecule has 0 aliphatic rings. The van der Waals surface area contributed by atoms with Gasteiger partial charge in [-0.15, -0.1) is 0 Å². The van der Waals surface area contributed by atoms with E-state index in [1.165, 1.54) is 0 Å². The fourth-order valence-corrected chi connectivity index (χ4v) is 2.27. The van der Waals surface area contributed by atoms with E-state index in [2.05, 4.69) is 25.8 Å². The number of likely N-dealkylation sites (N-methyl/N-ethyl adjacent to an activating group) is 1. The Labute approximate surface area is 151 Å². The van der Waals surface area contributed by atoms with Gasteiger partial charge in [0.05, 0.1) is 0 Å². The Morgan fingerprint density at radius 1 is 0.720 bits per heavy atom. The molecule has 0 saturated heterocycles. The van der Waals surface area contributed by atoms with Crippen molar-refractivity contribution in [1.29, 1.82) is 0 Å². The van der Waals surface area contributed by atoms with Gasteiger partial charge in [-0.05, 0) is 20.9 Å². The molecular formula is C17H35N5O3. The summed E-state index contributed by atoms with van der Waals surface area (Å²) in [5, 5.41) is 8.19. The van der Waals surface area contributed by atoms with Gasteiger partial charge in [0.1, 0.15) is 0 Å². The third-order valence-corrected chi connectivity index (χ3v) is 3.86. The van der Waals surface area contributed by atoms with Crippen LogP contribution in [0.5, 0.6) is 0 Å². The first-order chi connectivity index (χ1) is 11.9. The average molecular weight is 357 g/mol. The van der Waals surface area contributed by atoms with Crippen molar-refractivity contribution < 1.29 is 14.4 Å². The molecule has 0 fully saturated rings. The number of hydrogen-bond acceptors (Lipinski definition) is 5. The van der Waals surface area contributed by atoms with Gasteiger partial charge in [0.2, 0.25) is 17.7 Å². The lowest BCUT2D eigenvalue weighted by Crippen LogP contribution is -2.39. The van der Waals surface area contributed by atoms with Crippen molar-refractivity contribution in [1.82, 2.24) is 25.8 Å². The number of carbonyl (C=O) groups excluding carboxylic acids is 3. The lowest BCUT2D eigenvalue weighted by Gasteiger charge is -2.25. The van der Waals surface area contributed by atoms with Crippen molar-refractivity contribution in [3.05, 3.63) is 0 Å². The summed E-state index contributed by atoms with van der Waals surface area (Å²) in [5.74, 6) is 0.0756. The van der Waals surface area contributed by atoms with Gasteiger partial charge < -0.3 is 25.8 Å². The highest BCUT2D eigenvalue weighted by molar-refractivity contribution is 5.76. The molecule has 0 aliphatic heterocycles. The molecule has 0 aromatic heterocycles. The molecule has 25 heavy (non-hydrogen) atoms. The van der Waals surface area contributed by atoms with Crippen LogP contribution in [0.4, 0.5) is 0 Å². The number of nitrogens with one attached hydrogen (secondary N) is 3. The Morgan fingerprint density at radius 2 is 1.20 bits per heavy atom. The molecular weight excluding hydrogens is 322 g/mol. The number of amides is 3. The Morgan fingerprint density at radius 3 is 1.68 bits per heavy atom. The van der Waals surface area contributed by atoms with Crippen molar-refractivity contribution in [2.24, 2.45) is 0 Å². The van der Waals surface area contributed by atoms with Gasteiger partial charge in [-0.3, -0.25) is 14.4 Å². The molecule has 0 bridgehead atoms. The highest BCUT2D eigenvalue weighted by Gasteiger charge is 2.11. The maximum atomic E-state index is 11.6. The zero-order valence-electron chi connectivity index (χ0n) is 16.2. The second-order valence-corrected chi connectivity index (χ2v) is 5.98. The van der Waals surface area contributed by atoms with E-state index in [1.807, 2.05) is 20.9 Å². The summed E-state index contributed by atoms with van der Waals surface area (Å²) in [7, 11) is 3.59. The van der Waals surface area contributed by atoms with Crippen molar-refractivity contribution >= 4 is 17.7 Å². The molecule has 0 aromatic carbocycles. The molecule has 0 rings (SSSR count). The predicted molar refractivity (Wildman–Crippen MR) is 99.2 cm³/mol. The highest BCUT2D eigenvalue weighted by Crippen LogP contribution is 1.97. The Balaban J connectivity index is 4.27. The molecule has 0 heterocycles. The third-order valence-electron chi connectivity index (χ3n) is 3.86. The van der Waals surface area contributed by atoms with Crippen LogP contribution in [0.2, 0.25) is 0 Å². The number of nitrogens with zero attached hydrogens (tertiary/aromatic N) is 2. The fraction of sp³-hybridized carbons (Fsp3) is 0.824. The Hall–Kier alpha value is -1.67. The molecule has 0 aromatic rings. The summed E-state index contributed by atoms with van der Waals surface area (Å²) in [6, 6.07) is 0. The van der Waals surface area contributed by atoms with E-state index in [0.29, 0.717) is 52.0 Å². The topological polar surface area (TPSA) is 93.8 Å². The van der Waals surface area contributed by atoms with Crippen LogP contribution in [0.25, 0.3) is 0 Å². The quantitative estimate of drug-likeness (QED) is 0.386. The molecule has 146 valence electrons. The molecule has 8 nitrogen and oxygen atoms in total. The molecule has 0 radical (unpaired) electrons. The van der Waals surface area contributed by atoms with Crippen LogP contribution in [0.3, 0.4) is 0 Å². The third kappa shape index (κ3) is 13.3. The minimum atomic E-state index is -0.00685. The second-order valence-electron chi connectivity index (χ2n) is 5.98. The normalized spacial score (nSPS) is 10.8. The summed E-state index contributed by atoms with van der Waals surface area (Å²) >= 11 is 0. The summed E-state index contributed by atoms with van der Waals surface area (Å²) in [6.07, 6.45) is 1.31. The van der Waals surface area contributed by atoms with E-state index in [1.54, 1.807) is 7.05 Å². The van der Waals surface area contributed by atoms with Crippen molar-refractivity contribution in [2.45, 2.75) is 33.1 Å². The molecule has 0 spiro atoms. The van der Waals surface area contributed by atoms with Gasteiger partial charge in [-0.2, -0.15) is 0 Å². The first kappa shape index (κ1) is 23.3. The molecule has 0 atom stereocenters. The number of rotatable bonds is 14. The molecule has 0 unspecified atom stereocenters. The lowest BCUT2D eigenvalue weighted by molar-refractivity contribution is -0.122. The minimum absolute atomic E-state index is 0.00685. The Kier molecular flexibility index (Phi) is 13.7. The summed E-state index contributed by atoms with van der Waals surface area (Å²) < 4.78 is 0. The number of carbonyl (C=O) groups is 3. The predicted octanol–water partition coefficient (Wildman–Crippen LogP) is -0.591. The van der Waals surface area contributed by atoms with Gasteiger partial charge in [-0.25, -0.2) is 0 Å². The number of hydrogen-bond donors (Lipinski definition) is 3. The highest BCUT2D eigenvalue weighted by atomic mass is 16.2. The first-order valence-electron chi connectivity index (χ1n) is 9.07. The van der Waals surface area contributed by atoms with E-state index < -0.39 is 0 Å². The van der Waals surface area contributed by atoms with Gasteiger partial charge in [0.25, 0.3) is 0 Å². The Bertz CT molecular complexity index is 404. The standard InChI is InChI=1S/C17H35N5O3/c1-5-19-16(24)7-10-21(4)13-14-22(11-8-15(23)18-3)12-9-17(25)20-6-2/h5-14H2,1-4H3,(H,18,23)(H,19,24)(H,20,25). The molecule has 0 saturated carbocycles. The average Bonchev–Trinajstić information content (AvgIpc) is 2.59. The van der Waals surface area contributed by atoms with Gasteiger partial charge >= 0.3 is 0 Å². The maximum Gasteiger partial charge on any atom is 0.221 e. The van der Waals surface area contributed by atoms with Crippen LogP contribution in [0.1, 0.15) is 33.1 Å². The SMILES string of the molecule is CCNC(=O)CCN(C)CCN(CCC(=O)NC)CCC(=O)NCC. The maximum absolute atomic E-state index is 11.6. The van der Waals surface area contributed by atoms with Crippen LogP contribution in [-0.4, -0.2) is 87.4 Å². The molecule has 8 heteroatoms. The molecule has 3 amide bonds. The zero-order valence-corrected chi connectivity index (χ0v) is 16.2. The van der Waals surface area contributed by atoms with E-state index in [0.717, 1.165) is 13.1 Å². The zero-order chi connectivity index (χ0) is 19.1. The molecule has 0 aliphatic carbocycles. The van der Waals surface area contributed by atoms with Gasteiger partial charge in [-0.1, -0.05) is 0 Å². The van der Waals surface area contributed by atoms with Gasteiger partial charge in [0.15, 0.2) is 0 Å². The monoisotopic (exact) mass is 357 g/mol. The van der Waals surface area contributed by atoms with Crippen LogP contribution in [-0.2, 0) is 14.4 Å². The summed E-state index contributed by atoms with van der Waals surface area (Å²) in [6.45, 7) is 8.52. The van der Waals surface area contributed by atoms with E-state index in [4.69, 9.17) is 0 Å². The molecule has 3 N–H and O–H groups in total. The summed E-state index contributed by atoms with van der Waals surface area (Å²) in [4.78, 5) is 38.8. The second kappa shape index (κ2) is 14.7. The summed E-state index contributed by atoms with van der Waals surface area (Å²) in [5.41, 5.74) is 0. The van der Waals surface area contributed by atoms with E-state index in [9.17, 15) is 14.4 Å². The van der Waals surface area contributed by atoms with Crippen molar-refractivity contribution in [3.63, 3.8) is 0 Å². The van der Waals surface area contributed by atoms with Crippen LogP contribution < -0.4 is 16.0 Å². The van der Waals surface area contributed by atoms with Crippen LogP contribution in [0, 0.1) is 0 Å². The van der Waals surface area contributed by atoms with Gasteiger partial charge in [0, 0.05) is 72.1 Å². The first-order valence-corrected chi connectivity index (χ1v) is 9.07. The van der Waals surface area contributed by atoms with E-state index >= 15 is 0 Å². The minimum Gasteiger partial charge on any atom is -0.359 e. The van der Waals surface area contributed by atoms with Crippen LogP contribution >= 0.6 is 0 Å². The van der Waals surface area contributed by atoms with Crippen LogP contribution in [0.15, 0.2) is 0 Å².